The second kappa shape index (κ2) is 11.8. The van der Waals surface area contributed by atoms with E-state index in [1.165, 1.54) is 30.6 Å². The number of carbonyl (C=O) groups excluding carboxylic acids is 1. The van der Waals surface area contributed by atoms with E-state index in [4.69, 9.17) is 0 Å². The molecule has 11 heteroatoms. The monoisotopic (exact) mass is 513 g/mol. The van der Waals surface area contributed by atoms with Crippen LogP contribution in [0, 0.1) is 11.8 Å². The minimum Gasteiger partial charge on any atom is -0.355 e. The smallest absolute Gasteiger partial charge is 0.243 e. The van der Waals surface area contributed by atoms with Gasteiger partial charge in [0.2, 0.25) is 16.2 Å². The van der Waals surface area contributed by atoms with Crippen molar-refractivity contribution in [1.82, 2.24) is 30.2 Å². The number of hydrogen-bond acceptors (Lipinski definition) is 10. The lowest BCUT2D eigenvalue weighted by Crippen LogP contribution is -2.56. The highest BCUT2D eigenvalue weighted by Crippen LogP contribution is 2.35. The molecule has 1 aliphatic carbocycles. The van der Waals surface area contributed by atoms with Crippen LogP contribution in [0.15, 0.2) is 18.3 Å². The number of likely N-dealkylation sites (N-methyl/N-ethyl adjacent to an activating group) is 1. The normalized spacial score (nSPS) is 26.6. The third-order valence-corrected chi connectivity index (χ3v) is 8.94. The molecule has 1 amide bonds. The maximum absolute atomic E-state index is 13.6. The molecule has 0 bridgehead atoms. The number of piperazine rings is 1. The highest BCUT2D eigenvalue weighted by Gasteiger charge is 2.37. The standard InChI is InChI=1S/C25H39N9OS/c1-3-18-6-8-19(9-7-18)22(33-15-13-32(2)14-16-33)23(35)28-25-31-30-24(36-25)27-20-10-12-34(17-20)21-5-4-11-26-29-21/h4-5,11,18-20,22H,3,6-10,12-17H2,1-2H3,(H,27,30)(H,28,31,35). The molecule has 2 unspecified atom stereocenters. The fourth-order valence-corrected chi connectivity index (χ4v) is 6.65. The number of nitrogens with one attached hydrogen (secondary N) is 2. The van der Waals surface area contributed by atoms with Gasteiger partial charge in [-0.3, -0.25) is 15.0 Å². The summed E-state index contributed by atoms with van der Waals surface area (Å²) >= 11 is 1.42. The largest absolute Gasteiger partial charge is 0.355 e. The Morgan fingerprint density at radius 1 is 1.06 bits per heavy atom. The summed E-state index contributed by atoms with van der Waals surface area (Å²) in [5.74, 6) is 2.20. The van der Waals surface area contributed by atoms with Crippen LogP contribution >= 0.6 is 11.3 Å². The van der Waals surface area contributed by atoms with Crippen LogP contribution in [0.2, 0.25) is 0 Å². The van der Waals surface area contributed by atoms with Crippen molar-refractivity contribution in [3.8, 4) is 0 Å². The van der Waals surface area contributed by atoms with Crippen molar-refractivity contribution in [3.05, 3.63) is 18.3 Å². The Morgan fingerprint density at radius 3 is 2.56 bits per heavy atom. The fraction of sp³-hybridized carbons (Fsp3) is 0.720. The van der Waals surface area contributed by atoms with Gasteiger partial charge in [0.1, 0.15) is 0 Å². The zero-order valence-electron chi connectivity index (χ0n) is 21.5. The van der Waals surface area contributed by atoms with E-state index in [9.17, 15) is 4.79 Å². The van der Waals surface area contributed by atoms with E-state index in [1.807, 2.05) is 12.1 Å². The quantitative estimate of drug-likeness (QED) is 0.552. The van der Waals surface area contributed by atoms with E-state index in [-0.39, 0.29) is 18.0 Å². The average Bonchev–Trinajstić information content (AvgIpc) is 3.56. The van der Waals surface area contributed by atoms with Gasteiger partial charge in [0.15, 0.2) is 5.82 Å². The summed E-state index contributed by atoms with van der Waals surface area (Å²) < 4.78 is 0. The van der Waals surface area contributed by atoms with Crippen molar-refractivity contribution in [2.24, 2.45) is 11.8 Å². The number of rotatable bonds is 8. The zero-order chi connectivity index (χ0) is 24.9. The summed E-state index contributed by atoms with van der Waals surface area (Å²) in [6.07, 6.45) is 8.67. The van der Waals surface area contributed by atoms with E-state index in [1.54, 1.807) is 6.20 Å². The third-order valence-electron chi connectivity index (χ3n) is 8.17. The van der Waals surface area contributed by atoms with Gasteiger partial charge in [-0.2, -0.15) is 5.10 Å². The van der Waals surface area contributed by atoms with Gasteiger partial charge in [-0.1, -0.05) is 37.5 Å². The van der Waals surface area contributed by atoms with Gasteiger partial charge in [0.25, 0.3) is 0 Å². The van der Waals surface area contributed by atoms with Crippen LogP contribution in [0.4, 0.5) is 16.1 Å². The Bertz CT molecular complexity index is 973. The lowest BCUT2D eigenvalue weighted by molar-refractivity contribution is -0.124. The minimum atomic E-state index is -0.0906. The van der Waals surface area contributed by atoms with E-state index in [0.29, 0.717) is 11.0 Å². The van der Waals surface area contributed by atoms with Crippen LogP contribution in [0.3, 0.4) is 0 Å². The summed E-state index contributed by atoms with van der Waals surface area (Å²) in [4.78, 5) is 20.6. The minimum absolute atomic E-state index is 0.0805. The van der Waals surface area contributed by atoms with Crippen molar-refractivity contribution >= 4 is 33.3 Å². The molecule has 2 saturated heterocycles. The number of amides is 1. The molecule has 36 heavy (non-hydrogen) atoms. The lowest BCUT2D eigenvalue weighted by atomic mass is 9.77. The van der Waals surface area contributed by atoms with Crippen LogP contribution < -0.4 is 15.5 Å². The van der Waals surface area contributed by atoms with Gasteiger partial charge in [-0.15, -0.1) is 15.3 Å². The number of carbonyl (C=O) groups is 1. The molecule has 3 fully saturated rings. The maximum atomic E-state index is 13.6. The Labute approximate surface area is 217 Å². The molecule has 2 aliphatic heterocycles. The van der Waals surface area contributed by atoms with Crippen LogP contribution in [-0.4, -0.2) is 94.5 Å². The molecular weight excluding hydrogens is 474 g/mol. The molecule has 0 radical (unpaired) electrons. The van der Waals surface area contributed by atoms with Crippen molar-refractivity contribution in [2.45, 2.75) is 57.5 Å². The van der Waals surface area contributed by atoms with Crippen LogP contribution in [0.1, 0.15) is 45.4 Å². The number of anilines is 3. The molecule has 4 heterocycles. The van der Waals surface area contributed by atoms with E-state index >= 15 is 0 Å². The zero-order valence-corrected chi connectivity index (χ0v) is 22.3. The maximum Gasteiger partial charge on any atom is 0.243 e. The van der Waals surface area contributed by atoms with Gasteiger partial charge in [0, 0.05) is 51.5 Å². The Morgan fingerprint density at radius 2 is 1.83 bits per heavy atom. The van der Waals surface area contributed by atoms with Crippen molar-refractivity contribution in [1.29, 1.82) is 0 Å². The lowest BCUT2D eigenvalue weighted by Gasteiger charge is -2.42. The Hall–Kier alpha value is -2.37. The predicted molar refractivity (Wildman–Crippen MR) is 143 cm³/mol. The second-order valence-electron chi connectivity index (χ2n) is 10.5. The first-order chi connectivity index (χ1) is 17.6. The number of nitrogens with zero attached hydrogens (tertiary/aromatic N) is 7. The van der Waals surface area contributed by atoms with Crippen LogP contribution in [0.5, 0.6) is 0 Å². The third kappa shape index (κ3) is 6.12. The summed E-state index contributed by atoms with van der Waals surface area (Å²) in [6.45, 7) is 7.94. The molecule has 10 nitrogen and oxygen atoms in total. The van der Waals surface area contributed by atoms with Gasteiger partial charge in [0.05, 0.1) is 6.04 Å². The first kappa shape index (κ1) is 25.3. The first-order valence-electron chi connectivity index (χ1n) is 13.4. The Balaban J connectivity index is 1.19. The molecule has 2 aromatic rings. The van der Waals surface area contributed by atoms with Gasteiger partial charge >= 0.3 is 0 Å². The first-order valence-corrected chi connectivity index (χ1v) is 14.3. The summed E-state index contributed by atoms with van der Waals surface area (Å²) in [6, 6.07) is 4.06. The topological polar surface area (TPSA) is 102 Å². The van der Waals surface area contributed by atoms with Gasteiger partial charge < -0.3 is 15.1 Å². The summed E-state index contributed by atoms with van der Waals surface area (Å²) in [5.41, 5.74) is 0. The molecule has 2 atom stereocenters. The van der Waals surface area contributed by atoms with Crippen molar-refractivity contribution < 1.29 is 4.79 Å². The molecule has 5 rings (SSSR count). The van der Waals surface area contributed by atoms with Crippen molar-refractivity contribution in [2.75, 3.05) is 61.8 Å². The molecule has 0 spiro atoms. The molecule has 0 aromatic carbocycles. The second-order valence-corrected chi connectivity index (χ2v) is 11.5. The van der Waals surface area contributed by atoms with Gasteiger partial charge in [-0.25, -0.2) is 0 Å². The fourth-order valence-electron chi connectivity index (χ4n) is 5.92. The van der Waals surface area contributed by atoms with E-state index < -0.39 is 0 Å². The predicted octanol–water partition coefficient (Wildman–Crippen LogP) is 2.79. The highest BCUT2D eigenvalue weighted by atomic mass is 32.1. The Kier molecular flexibility index (Phi) is 8.28. The molecule has 1 saturated carbocycles. The molecule has 196 valence electrons. The SMILES string of the molecule is CCC1CCC(C(C(=O)Nc2nnc(NC3CCN(c4cccnn4)C3)s2)N2CCN(C)CC2)CC1. The van der Waals surface area contributed by atoms with Gasteiger partial charge in [-0.05, 0) is 50.3 Å². The van der Waals surface area contributed by atoms with Crippen molar-refractivity contribution in [3.63, 3.8) is 0 Å². The number of aromatic nitrogens is 4. The van der Waals surface area contributed by atoms with E-state index in [2.05, 4.69) is 59.7 Å². The average molecular weight is 514 g/mol. The molecule has 2 N–H and O–H groups in total. The summed E-state index contributed by atoms with van der Waals surface area (Å²) in [7, 11) is 2.16. The molecule has 2 aromatic heterocycles. The number of hydrogen-bond donors (Lipinski definition) is 2. The highest BCUT2D eigenvalue weighted by molar-refractivity contribution is 7.19. The summed E-state index contributed by atoms with van der Waals surface area (Å²) in [5, 5.41) is 24.8. The van der Waals surface area contributed by atoms with E-state index in [0.717, 1.165) is 75.4 Å². The van der Waals surface area contributed by atoms with Crippen LogP contribution in [0.25, 0.3) is 0 Å². The molecular formula is C25H39N9OS. The molecule has 3 aliphatic rings. The van der Waals surface area contributed by atoms with Crippen LogP contribution in [-0.2, 0) is 4.79 Å².